The molecule has 0 saturated carbocycles. The minimum absolute atomic E-state index is 0.0917. The molecular formula is C12H19N3O4S. The van der Waals surface area contributed by atoms with E-state index < -0.39 is 12.0 Å². The van der Waals surface area contributed by atoms with Crippen LogP contribution in [0.5, 0.6) is 0 Å². The van der Waals surface area contributed by atoms with Crippen LogP contribution >= 0.6 is 11.8 Å². The van der Waals surface area contributed by atoms with Gasteiger partial charge in [0.25, 0.3) is 0 Å². The summed E-state index contributed by atoms with van der Waals surface area (Å²) in [5.74, 6) is -0.659. The van der Waals surface area contributed by atoms with Crippen LogP contribution < -0.4 is 10.6 Å². The molecule has 2 aliphatic heterocycles. The van der Waals surface area contributed by atoms with Gasteiger partial charge in [0.05, 0.1) is 11.4 Å². The minimum atomic E-state index is -0.980. The molecule has 3 amide bonds. The summed E-state index contributed by atoms with van der Waals surface area (Å²) in [6.07, 6.45) is 1.91. The van der Waals surface area contributed by atoms with Crippen molar-refractivity contribution in [3.8, 4) is 0 Å². The molecule has 2 heterocycles. The first-order valence-corrected chi connectivity index (χ1v) is 7.77. The van der Waals surface area contributed by atoms with Gasteiger partial charge in [0.15, 0.2) is 0 Å². The number of nitrogens with zero attached hydrogens (tertiary/aromatic N) is 1. The monoisotopic (exact) mass is 301 g/mol. The van der Waals surface area contributed by atoms with E-state index in [-0.39, 0.29) is 29.8 Å². The van der Waals surface area contributed by atoms with Gasteiger partial charge in [0, 0.05) is 18.7 Å². The first-order chi connectivity index (χ1) is 9.52. The Balaban J connectivity index is 2.02. The third kappa shape index (κ3) is 3.17. The SMILES string of the molecule is CCCC1SCC(C(=O)O)N1C(=O)NC1CNC(=O)C1. The Morgan fingerprint density at radius 3 is 2.85 bits per heavy atom. The number of thioether (sulfide) groups is 1. The van der Waals surface area contributed by atoms with Gasteiger partial charge in [0.1, 0.15) is 6.04 Å². The van der Waals surface area contributed by atoms with E-state index in [9.17, 15) is 19.5 Å². The predicted octanol–water partition coefficient (Wildman–Crippen LogP) is 0.213. The highest BCUT2D eigenvalue weighted by Crippen LogP contribution is 2.32. The highest BCUT2D eigenvalue weighted by Gasteiger charge is 2.42. The summed E-state index contributed by atoms with van der Waals surface area (Å²) in [5, 5.41) is 14.5. The van der Waals surface area contributed by atoms with Crippen molar-refractivity contribution in [3.05, 3.63) is 0 Å². The molecule has 3 atom stereocenters. The van der Waals surface area contributed by atoms with E-state index in [1.165, 1.54) is 16.7 Å². The lowest BCUT2D eigenvalue weighted by molar-refractivity contribution is -0.141. The first kappa shape index (κ1) is 15.0. The molecule has 3 N–H and O–H groups in total. The van der Waals surface area contributed by atoms with Gasteiger partial charge in [-0.15, -0.1) is 11.8 Å². The number of nitrogens with one attached hydrogen (secondary N) is 2. The zero-order valence-corrected chi connectivity index (χ0v) is 12.1. The summed E-state index contributed by atoms with van der Waals surface area (Å²) in [7, 11) is 0. The molecular weight excluding hydrogens is 282 g/mol. The van der Waals surface area contributed by atoms with E-state index in [1.807, 2.05) is 6.92 Å². The summed E-state index contributed by atoms with van der Waals surface area (Å²) in [4.78, 5) is 36.1. The van der Waals surface area contributed by atoms with Crippen LogP contribution in [0.4, 0.5) is 4.79 Å². The zero-order chi connectivity index (χ0) is 14.7. The Morgan fingerprint density at radius 1 is 1.55 bits per heavy atom. The number of amides is 3. The number of hydrogen-bond donors (Lipinski definition) is 3. The lowest BCUT2D eigenvalue weighted by atomic mass is 10.2. The molecule has 2 saturated heterocycles. The van der Waals surface area contributed by atoms with E-state index in [0.717, 1.165) is 12.8 Å². The molecule has 2 fully saturated rings. The highest BCUT2D eigenvalue weighted by atomic mass is 32.2. The van der Waals surface area contributed by atoms with Crippen molar-refractivity contribution in [2.24, 2.45) is 0 Å². The van der Waals surface area contributed by atoms with Crippen LogP contribution in [0.3, 0.4) is 0 Å². The second kappa shape index (κ2) is 6.34. The number of carbonyl (C=O) groups excluding carboxylic acids is 2. The molecule has 2 rings (SSSR count). The van der Waals surface area contributed by atoms with Crippen LogP contribution in [0.15, 0.2) is 0 Å². The Bertz CT molecular complexity index is 418. The number of carboxylic acid groups (broad SMARTS) is 1. The van der Waals surface area contributed by atoms with E-state index >= 15 is 0 Å². The summed E-state index contributed by atoms with van der Waals surface area (Å²) >= 11 is 1.50. The normalized spacial score (nSPS) is 29.4. The Labute approximate surface area is 121 Å². The highest BCUT2D eigenvalue weighted by molar-refractivity contribution is 8.00. The van der Waals surface area contributed by atoms with Gasteiger partial charge in [-0.1, -0.05) is 13.3 Å². The topological polar surface area (TPSA) is 98.7 Å². The van der Waals surface area contributed by atoms with Crippen molar-refractivity contribution >= 4 is 29.7 Å². The number of hydrogen-bond acceptors (Lipinski definition) is 4. The summed E-state index contributed by atoms with van der Waals surface area (Å²) in [6, 6.07) is -1.43. The molecule has 0 spiro atoms. The zero-order valence-electron chi connectivity index (χ0n) is 11.3. The number of urea groups is 1. The first-order valence-electron chi connectivity index (χ1n) is 6.72. The molecule has 0 aromatic heterocycles. The van der Waals surface area contributed by atoms with Gasteiger partial charge in [0.2, 0.25) is 5.91 Å². The fourth-order valence-electron chi connectivity index (χ4n) is 2.45. The van der Waals surface area contributed by atoms with Crippen molar-refractivity contribution in [1.29, 1.82) is 0 Å². The predicted molar refractivity (Wildman–Crippen MR) is 74.4 cm³/mol. The smallest absolute Gasteiger partial charge is 0.327 e. The molecule has 0 radical (unpaired) electrons. The second-order valence-corrected chi connectivity index (χ2v) is 6.20. The van der Waals surface area contributed by atoms with Crippen LogP contribution in [-0.4, -0.2) is 57.7 Å². The third-order valence-corrected chi connectivity index (χ3v) is 4.81. The van der Waals surface area contributed by atoms with Gasteiger partial charge in [-0.25, -0.2) is 9.59 Å². The average Bonchev–Trinajstić information content (AvgIpc) is 2.96. The van der Waals surface area contributed by atoms with Crippen LogP contribution in [0.2, 0.25) is 0 Å². The molecule has 112 valence electrons. The molecule has 20 heavy (non-hydrogen) atoms. The molecule has 7 nitrogen and oxygen atoms in total. The maximum absolute atomic E-state index is 12.3. The van der Waals surface area contributed by atoms with Crippen molar-refractivity contribution < 1.29 is 19.5 Å². The van der Waals surface area contributed by atoms with Crippen molar-refractivity contribution in [2.45, 2.75) is 43.6 Å². The van der Waals surface area contributed by atoms with Gasteiger partial charge < -0.3 is 15.7 Å². The largest absolute Gasteiger partial charge is 0.480 e. The molecule has 2 aliphatic rings. The standard InChI is InChI=1S/C12H19N3O4S/c1-2-3-10-15(8(6-20-10)11(17)18)12(19)14-7-4-9(16)13-5-7/h7-8,10H,2-6H2,1H3,(H,13,16)(H,14,19)(H,17,18). The maximum Gasteiger partial charge on any atom is 0.327 e. The fraction of sp³-hybridized carbons (Fsp3) is 0.750. The van der Waals surface area contributed by atoms with Crippen molar-refractivity contribution in [3.63, 3.8) is 0 Å². The lowest BCUT2D eigenvalue weighted by Gasteiger charge is -2.28. The molecule has 0 aromatic carbocycles. The molecule has 0 aliphatic carbocycles. The van der Waals surface area contributed by atoms with Gasteiger partial charge in [-0.2, -0.15) is 0 Å². The van der Waals surface area contributed by atoms with E-state index in [1.54, 1.807) is 0 Å². The van der Waals surface area contributed by atoms with Gasteiger partial charge in [-0.3, -0.25) is 9.69 Å². The fourth-order valence-corrected chi connectivity index (χ4v) is 3.97. The van der Waals surface area contributed by atoms with E-state index in [2.05, 4.69) is 10.6 Å². The van der Waals surface area contributed by atoms with Gasteiger partial charge in [-0.05, 0) is 6.42 Å². The van der Waals surface area contributed by atoms with Gasteiger partial charge >= 0.3 is 12.0 Å². The van der Waals surface area contributed by atoms with Crippen molar-refractivity contribution in [1.82, 2.24) is 15.5 Å². The number of rotatable bonds is 4. The maximum atomic E-state index is 12.3. The number of carbonyl (C=O) groups is 3. The van der Waals surface area contributed by atoms with Crippen molar-refractivity contribution in [2.75, 3.05) is 12.3 Å². The number of carboxylic acids is 1. The third-order valence-electron chi connectivity index (χ3n) is 3.45. The molecule has 8 heteroatoms. The molecule has 3 unspecified atom stereocenters. The Kier molecular flexibility index (Phi) is 4.74. The summed E-state index contributed by atoms with van der Waals surface area (Å²) in [5.41, 5.74) is 0. The summed E-state index contributed by atoms with van der Waals surface area (Å²) in [6.45, 7) is 2.41. The van der Waals surface area contributed by atoms with Crippen LogP contribution in [-0.2, 0) is 9.59 Å². The van der Waals surface area contributed by atoms with Crippen LogP contribution in [0.25, 0.3) is 0 Å². The molecule has 0 aromatic rings. The Hall–Kier alpha value is -1.44. The van der Waals surface area contributed by atoms with Crippen LogP contribution in [0, 0.1) is 0 Å². The molecule has 0 bridgehead atoms. The lowest BCUT2D eigenvalue weighted by Crippen LogP contribution is -2.52. The van der Waals surface area contributed by atoms with E-state index in [4.69, 9.17) is 0 Å². The van der Waals surface area contributed by atoms with Crippen LogP contribution in [0.1, 0.15) is 26.2 Å². The second-order valence-electron chi connectivity index (χ2n) is 4.99. The van der Waals surface area contributed by atoms with E-state index in [0.29, 0.717) is 12.3 Å². The quantitative estimate of drug-likeness (QED) is 0.689. The average molecular weight is 301 g/mol. The summed E-state index contributed by atoms with van der Waals surface area (Å²) < 4.78 is 0. The Morgan fingerprint density at radius 2 is 2.30 bits per heavy atom. The number of aliphatic carboxylic acids is 1. The minimum Gasteiger partial charge on any atom is -0.480 e.